The van der Waals surface area contributed by atoms with Crippen molar-refractivity contribution in [3.8, 4) is 0 Å². The highest BCUT2D eigenvalue weighted by Crippen LogP contribution is 2.32. The maximum absolute atomic E-state index is 13.7. The Kier molecular flexibility index (Phi) is 3.51. The lowest BCUT2D eigenvalue weighted by Gasteiger charge is -2.22. The number of rotatable bonds is 2. The third-order valence-electron chi connectivity index (χ3n) is 2.87. The molecule has 1 aromatic rings. The smallest absolute Gasteiger partial charge is 0.410 e. The highest BCUT2D eigenvalue weighted by atomic mass is 19.1. The van der Waals surface area contributed by atoms with Gasteiger partial charge >= 0.3 is 6.09 Å². The van der Waals surface area contributed by atoms with E-state index in [2.05, 4.69) is 10.4 Å². The number of halogens is 1. The molecule has 0 aromatic carbocycles. The van der Waals surface area contributed by atoms with Crippen LogP contribution >= 0.6 is 0 Å². The molecule has 2 rings (SSSR count). The number of amides is 1. The molecule has 8 heteroatoms. The molecule has 2 atom stereocenters. The number of ether oxygens (including phenoxy) is 1. The number of alkyl halides is 1. The van der Waals surface area contributed by atoms with Gasteiger partial charge in [0.2, 0.25) is 0 Å². The molecule has 1 unspecified atom stereocenters. The van der Waals surface area contributed by atoms with E-state index in [1.165, 1.54) is 10.7 Å². The van der Waals surface area contributed by atoms with E-state index in [1.807, 2.05) is 20.8 Å². The number of carboxylic acid groups (broad SMARTS) is 1. The van der Waals surface area contributed by atoms with Crippen LogP contribution in [0.25, 0.3) is 0 Å². The van der Waals surface area contributed by atoms with Crippen molar-refractivity contribution in [1.29, 1.82) is 0 Å². The number of carbonyl (C=O) groups excluding carboxylic acids is 1. The number of hydrogen-bond acceptors (Lipinski definition) is 4. The van der Waals surface area contributed by atoms with Gasteiger partial charge in [0, 0.05) is 6.07 Å². The van der Waals surface area contributed by atoms with Crippen LogP contribution in [0.15, 0.2) is 6.07 Å². The van der Waals surface area contributed by atoms with Crippen molar-refractivity contribution in [1.82, 2.24) is 9.78 Å². The van der Waals surface area contributed by atoms with E-state index < -0.39 is 29.7 Å². The quantitative estimate of drug-likeness (QED) is 0.862. The van der Waals surface area contributed by atoms with Gasteiger partial charge in [-0.1, -0.05) is 0 Å². The van der Waals surface area contributed by atoms with Crippen LogP contribution in [0.2, 0.25) is 0 Å². The molecule has 1 fully saturated rings. The summed E-state index contributed by atoms with van der Waals surface area (Å²) < 4.78 is 20.2. The second-order valence-electron chi connectivity index (χ2n) is 5.57. The molecule has 1 aliphatic rings. The maximum Gasteiger partial charge on any atom is 0.410 e. The van der Waals surface area contributed by atoms with Gasteiger partial charge in [0.15, 0.2) is 12.0 Å². The van der Waals surface area contributed by atoms with Gasteiger partial charge in [0.1, 0.15) is 18.5 Å². The first-order chi connectivity index (χ1) is 9.20. The lowest BCUT2D eigenvalue weighted by atomic mass is 10.1. The zero-order valence-corrected chi connectivity index (χ0v) is 11.4. The predicted octanol–water partition coefficient (Wildman–Crippen LogP) is 1.71. The monoisotopic (exact) mass is 285 g/mol. The number of aromatic nitrogens is 2. The highest BCUT2D eigenvalue weighted by Gasteiger charge is 2.39. The number of hydrogen-bond donors (Lipinski definition) is 2. The average molecular weight is 285 g/mol. The standard InChI is InChI=1S/C12H16FN3O4/c1-12(2,3)16-8(14-11(18)19)4-6(15-16)10-9(13)7(17)5-20-10/h4,9-10,14H,5H2,1-3H3,(H,18,19)/t9?,10-/m1/s1. The number of carbonyl (C=O) groups is 2. The normalized spacial score (nSPS) is 23.1. The molecule has 110 valence electrons. The average Bonchev–Trinajstić information content (AvgIpc) is 2.83. The van der Waals surface area contributed by atoms with Gasteiger partial charge in [0.05, 0.1) is 11.2 Å². The Morgan fingerprint density at radius 2 is 2.25 bits per heavy atom. The third kappa shape index (κ3) is 2.64. The van der Waals surface area contributed by atoms with Crippen molar-refractivity contribution in [2.75, 3.05) is 11.9 Å². The van der Waals surface area contributed by atoms with E-state index in [0.717, 1.165) is 0 Å². The van der Waals surface area contributed by atoms with Crippen molar-refractivity contribution >= 4 is 17.7 Å². The van der Waals surface area contributed by atoms with Crippen molar-refractivity contribution in [2.24, 2.45) is 0 Å². The fourth-order valence-corrected chi connectivity index (χ4v) is 1.99. The van der Waals surface area contributed by atoms with Crippen molar-refractivity contribution < 1.29 is 23.8 Å². The Balaban J connectivity index is 2.39. The summed E-state index contributed by atoms with van der Waals surface area (Å²) in [6.45, 7) is 5.18. The Morgan fingerprint density at radius 1 is 1.60 bits per heavy atom. The molecule has 0 radical (unpaired) electrons. The maximum atomic E-state index is 13.7. The number of Topliss-reactive ketones (excluding diaryl/α,β-unsaturated/α-hetero) is 1. The van der Waals surface area contributed by atoms with Crippen LogP contribution in [0.4, 0.5) is 15.0 Å². The summed E-state index contributed by atoms with van der Waals surface area (Å²) >= 11 is 0. The Hall–Kier alpha value is -1.96. The molecule has 0 bridgehead atoms. The zero-order chi connectivity index (χ0) is 15.1. The van der Waals surface area contributed by atoms with Gasteiger partial charge in [-0.15, -0.1) is 0 Å². The number of nitrogens with one attached hydrogen (secondary N) is 1. The molecular weight excluding hydrogens is 269 g/mol. The van der Waals surface area contributed by atoms with Crippen LogP contribution < -0.4 is 5.32 Å². The number of anilines is 1. The molecule has 20 heavy (non-hydrogen) atoms. The SMILES string of the molecule is CC(C)(C)n1nc([C@H]2OCC(=O)C2F)cc1NC(=O)O. The largest absolute Gasteiger partial charge is 0.465 e. The second kappa shape index (κ2) is 4.86. The summed E-state index contributed by atoms with van der Waals surface area (Å²) in [5.74, 6) is -0.428. The molecule has 7 nitrogen and oxygen atoms in total. The Morgan fingerprint density at radius 3 is 2.70 bits per heavy atom. The molecule has 1 aliphatic heterocycles. The summed E-state index contributed by atoms with van der Waals surface area (Å²) in [4.78, 5) is 22.0. The minimum absolute atomic E-state index is 0.196. The number of ketones is 1. The van der Waals surface area contributed by atoms with Crippen molar-refractivity contribution in [3.05, 3.63) is 11.8 Å². The minimum Gasteiger partial charge on any atom is -0.465 e. The molecule has 0 spiro atoms. The first-order valence-corrected chi connectivity index (χ1v) is 6.09. The van der Waals surface area contributed by atoms with Crippen LogP contribution in [-0.2, 0) is 15.1 Å². The van der Waals surface area contributed by atoms with E-state index in [0.29, 0.717) is 0 Å². The van der Waals surface area contributed by atoms with E-state index >= 15 is 0 Å². The van der Waals surface area contributed by atoms with E-state index in [-0.39, 0.29) is 18.1 Å². The fourth-order valence-electron chi connectivity index (χ4n) is 1.99. The van der Waals surface area contributed by atoms with E-state index in [4.69, 9.17) is 9.84 Å². The first kappa shape index (κ1) is 14.4. The molecule has 1 saturated heterocycles. The van der Waals surface area contributed by atoms with Gasteiger partial charge < -0.3 is 9.84 Å². The minimum atomic E-state index is -1.77. The molecule has 0 saturated carbocycles. The van der Waals surface area contributed by atoms with Gasteiger partial charge in [-0.25, -0.2) is 13.9 Å². The lowest BCUT2D eigenvalue weighted by molar-refractivity contribution is -0.121. The number of nitrogens with zero attached hydrogens (tertiary/aromatic N) is 2. The Labute approximate surface area is 114 Å². The van der Waals surface area contributed by atoms with Crippen molar-refractivity contribution in [2.45, 2.75) is 38.6 Å². The van der Waals surface area contributed by atoms with Crippen LogP contribution in [0.1, 0.15) is 32.6 Å². The van der Waals surface area contributed by atoms with E-state index in [9.17, 15) is 14.0 Å². The van der Waals surface area contributed by atoms with E-state index in [1.54, 1.807) is 0 Å². The topological polar surface area (TPSA) is 93.5 Å². The predicted molar refractivity (Wildman–Crippen MR) is 67.5 cm³/mol. The molecule has 2 heterocycles. The third-order valence-corrected chi connectivity index (χ3v) is 2.87. The van der Waals surface area contributed by atoms with Crippen molar-refractivity contribution in [3.63, 3.8) is 0 Å². The summed E-state index contributed by atoms with van der Waals surface area (Å²) in [6.07, 6.45) is -4.10. The zero-order valence-electron chi connectivity index (χ0n) is 11.4. The molecule has 1 amide bonds. The van der Waals surface area contributed by atoms with Crippen LogP contribution in [0.5, 0.6) is 0 Å². The van der Waals surface area contributed by atoms with Crippen LogP contribution in [-0.4, -0.2) is 39.5 Å². The fraction of sp³-hybridized carbons (Fsp3) is 0.583. The summed E-state index contributed by atoms with van der Waals surface area (Å²) in [5, 5.41) is 15.2. The summed E-state index contributed by atoms with van der Waals surface area (Å²) in [5.41, 5.74) is -0.313. The van der Waals surface area contributed by atoms with Crippen LogP contribution in [0, 0.1) is 0 Å². The molecule has 2 N–H and O–H groups in total. The lowest BCUT2D eigenvalue weighted by Crippen LogP contribution is -2.26. The second-order valence-corrected chi connectivity index (χ2v) is 5.57. The Bertz CT molecular complexity index is 549. The highest BCUT2D eigenvalue weighted by molar-refractivity contribution is 5.87. The molecule has 0 aliphatic carbocycles. The molecular formula is C12H16FN3O4. The van der Waals surface area contributed by atoms with Gasteiger partial charge in [-0.05, 0) is 20.8 Å². The molecule has 1 aromatic heterocycles. The van der Waals surface area contributed by atoms with Gasteiger partial charge in [-0.3, -0.25) is 10.1 Å². The summed E-state index contributed by atoms with van der Waals surface area (Å²) in [6, 6.07) is 1.38. The van der Waals surface area contributed by atoms with Gasteiger partial charge in [-0.2, -0.15) is 5.10 Å². The van der Waals surface area contributed by atoms with Gasteiger partial charge in [0.25, 0.3) is 0 Å². The summed E-state index contributed by atoms with van der Waals surface area (Å²) in [7, 11) is 0. The van der Waals surface area contributed by atoms with Crippen LogP contribution in [0.3, 0.4) is 0 Å². The first-order valence-electron chi connectivity index (χ1n) is 6.09.